The van der Waals surface area contributed by atoms with Gasteiger partial charge in [-0.1, -0.05) is 32.0 Å². The van der Waals surface area contributed by atoms with E-state index in [1.165, 1.54) is 6.92 Å². The van der Waals surface area contributed by atoms with E-state index in [-0.39, 0.29) is 11.8 Å². The highest BCUT2D eigenvalue weighted by Crippen LogP contribution is 2.32. The lowest BCUT2D eigenvalue weighted by Crippen LogP contribution is -2.50. The number of carbonyl (C=O) groups excluding carboxylic acids is 2. The van der Waals surface area contributed by atoms with E-state index in [1.807, 2.05) is 44.2 Å². The van der Waals surface area contributed by atoms with Crippen LogP contribution < -0.4 is 0 Å². The van der Waals surface area contributed by atoms with Gasteiger partial charge in [-0.25, -0.2) is 0 Å². The summed E-state index contributed by atoms with van der Waals surface area (Å²) in [6.07, 6.45) is -0.688. The van der Waals surface area contributed by atoms with Crippen LogP contribution in [0.2, 0.25) is 0 Å². The zero-order valence-corrected chi connectivity index (χ0v) is 12.6. The molecule has 112 valence electrons. The van der Waals surface area contributed by atoms with Crippen molar-refractivity contribution in [1.82, 2.24) is 0 Å². The first-order valence-electron chi connectivity index (χ1n) is 6.89. The van der Waals surface area contributed by atoms with Crippen LogP contribution in [0.3, 0.4) is 0 Å². The van der Waals surface area contributed by atoms with Crippen molar-refractivity contribution in [2.24, 2.45) is 10.9 Å². The summed E-state index contributed by atoms with van der Waals surface area (Å²) in [6.45, 7) is 6.67. The number of benzene rings is 1. The lowest BCUT2D eigenvalue weighted by Gasteiger charge is -2.33. The standard InChI is InChI=1S/C16H19NO4/c1-10(2)13(20-11(3)18)16(4)15(19)17-14(21-16)12-8-6-5-7-9-12/h5-10,13H,1-4H3/t13-,16+/m0/s1. The Hall–Kier alpha value is -2.17. The predicted molar refractivity (Wildman–Crippen MR) is 77.9 cm³/mol. The second-order valence-electron chi connectivity index (χ2n) is 5.57. The number of carbonyl (C=O) groups is 2. The fraction of sp³-hybridized carbons (Fsp3) is 0.438. The molecule has 1 aliphatic heterocycles. The van der Waals surface area contributed by atoms with Crippen LogP contribution in [-0.2, 0) is 19.1 Å². The van der Waals surface area contributed by atoms with Crippen LogP contribution in [0, 0.1) is 5.92 Å². The molecule has 0 radical (unpaired) electrons. The van der Waals surface area contributed by atoms with Crippen LogP contribution in [0.5, 0.6) is 0 Å². The fourth-order valence-electron chi connectivity index (χ4n) is 2.42. The van der Waals surface area contributed by atoms with E-state index >= 15 is 0 Å². The smallest absolute Gasteiger partial charge is 0.303 e. The maximum absolute atomic E-state index is 12.3. The van der Waals surface area contributed by atoms with Crippen LogP contribution in [0.1, 0.15) is 33.3 Å². The summed E-state index contributed by atoms with van der Waals surface area (Å²) < 4.78 is 11.1. The molecule has 0 fully saturated rings. The average molecular weight is 289 g/mol. The molecule has 0 N–H and O–H groups in total. The molecule has 1 amide bonds. The number of rotatable bonds is 4. The zero-order chi connectivity index (χ0) is 15.6. The van der Waals surface area contributed by atoms with Crippen LogP contribution in [0.15, 0.2) is 35.3 Å². The SMILES string of the molecule is CC(=O)O[C@@H](C(C)C)[C@@]1(C)OC(c2ccccc2)=NC1=O. The Bertz CT molecular complexity index is 579. The Morgan fingerprint density at radius 1 is 1.29 bits per heavy atom. The Morgan fingerprint density at radius 2 is 1.90 bits per heavy atom. The first kappa shape index (κ1) is 15.2. The Morgan fingerprint density at radius 3 is 2.43 bits per heavy atom. The van der Waals surface area contributed by atoms with E-state index < -0.39 is 23.6 Å². The van der Waals surface area contributed by atoms with Gasteiger partial charge in [0, 0.05) is 12.5 Å². The molecule has 0 aromatic heterocycles. The average Bonchev–Trinajstić information content (AvgIpc) is 2.73. The molecule has 0 saturated carbocycles. The van der Waals surface area contributed by atoms with Crippen molar-refractivity contribution in [3.05, 3.63) is 35.9 Å². The minimum atomic E-state index is -1.29. The number of hydrogen-bond donors (Lipinski definition) is 0. The maximum atomic E-state index is 12.3. The van der Waals surface area contributed by atoms with Gasteiger partial charge in [0.25, 0.3) is 5.91 Å². The first-order chi connectivity index (χ1) is 9.84. The highest BCUT2D eigenvalue weighted by atomic mass is 16.6. The molecule has 0 spiro atoms. The third-order valence-electron chi connectivity index (χ3n) is 3.40. The Kier molecular flexibility index (Phi) is 4.11. The van der Waals surface area contributed by atoms with Crippen molar-refractivity contribution in [3.8, 4) is 0 Å². The molecule has 0 bridgehead atoms. The normalized spacial score (nSPS) is 22.7. The molecule has 1 heterocycles. The summed E-state index contributed by atoms with van der Waals surface area (Å²) in [7, 11) is 0. The molecular formula is C16H19NO4. The number of ether oxygens (including phenoxy) is 2. The largest absolute Gasteiger partial charge is 0.457 e. The van der Waals surface area contributed by atoms with Crippen molar-refractivity contribution < 1.29 is 19.1 Å². The van der Waals surface area contributed by atoms with Crippen molar-refractivity contribution in [3.63, 3.8) is 0 Å². The summed E-state index contributed by atoms with van der Waals surface area (Å²) >= 11 is 0. The molecule has 2 rings (SSSR count). The fourth-order valence-corrected chi connectivity index (χ4v) is 2.42. The van der Waals surface area contributed by atoms with Crippen molar-refractivity contribution >= 4 is 17.8 Å². The van der Waals surface area contributed by atoms with E-state index in [9.17, 15) is 9.59 Å². The topological polar surface area (TPSA) is 65.0 Å². The quantitative estimate of drug-likeness (QED) is 0.798. The monoisotopic (exact) mass is 289 g/mol. The molecule has 1 aliphatic rings. The maximum Gasteiger partial charge on any atom is 0.303 e. The van der Waals surface area contributed by atoms with E-state index in [0.717, 1.165) is 5.56 Å². The summed E-state index contributed by atoms with van der Waals surface area (Å²) in [5.41, 5.74) is -0.565. The summed E-state index contributed by atoms with van der Waals surface area (Å²) in [5.74, 6) is -0.685. The second kappa shape index (κ2) is 5.68. The molecule has 21 heavy (non-hydrogen) atoms. The van der Waals surface area contributed by atoms with Crippen molar-refractivity contribution in [2.75, 3.05) is 0 Å². The van der Waals surface area contributed by atoms with Gasteiger partial charge in [0.2, 0.25) is 11.5 Å². The van der Waals surface area contributed by atoms with Gasteiger partial charge < -0.3 is 9.47 Å². The summed E-state index contributed by atoms with van der Waals surface area (Å²) in [4.78, 5) is 27.6. The summed E-state index contributed by atoms with van der Waals surface area (Å²) in [5, 5.41) is 0. The van der Waals surface area contributed by atoms with Crippen LogP contribution >= 0.6 is 0 Å². The van der Waals surface area contributed by atoms with Gasteiger partial charge in [-0.3, -0.25) is 9.59 Å². The second-order valence-corrected chi connectivity index (χ2v) is 5.57. The molecule has 0 unspecified atom stereocenters. The van der Waals surface area contributed by atoms with Crippen LogP contribution in [0.4, 0.5) is 0 Å². The van der Waals surface area contributed by atoms with Crippen molar-refractivity contribution in [1.29, 1.82) is 0 Å². The van der Waals surface area contributed by atoms with Crippen LogP contribution in [-0.4, -0.2) is 29.5 Å². The molecule has 1 aromatic rings. The van der Waals surface area contributed by atoms with E-state index in [4.69, 9.17) is 9.47 Å². The Labute approximate surface area is 124 Å². The van der Waals surface area contributed by atoms with Crippen molar-refractivity contribution in [2.45, 2.75) is 39.4 Å². The lowest BCUT2D eigenvalue weighted by atomic mass is 9.89. The minimum absolute atomic E-state index is 0.0758. The van der Waals surface area contributed by atoms with Gasteiger partial charge in [-0.2, -0.15) is 4.99 Å². The van der Waals surface area contributed by atoms with Gasteiger partial charge in [-0.05, 0) is 25.0 Å². The van der Waals surface area contributed by atoms with E-state index in [0.29, 0.717) is 0 Å². The Balaban J connectivity index is 2.29. The molecule has 2 atom stereocenters. The molecule has 5 nitrogen and oxygen atoms in total. The highest BCUT2D eigenvalue weighted by molar-refractivity contribution is 6.09. The lowest BCUT2D eigenvalue weighted by molar-refractivity contribution is -0.167. The van der Waals surface area contributed by atoms with E-state index in [1.54, 1.807) is 6.92 Å². The number of amides is 1. The van der Waals surface area contributed by atoms with Gasteiger partial charge in [0.05, 0.1) is 0 Å². The number of nitrogens with zero attached hydrogens (tertiary/aromatic N) is 1. The summed E-state index contributed by atoms with van der Waals surface area (Å²) in [6, 6.07) is 9.18. The number of esters is 1. The van der Waals surface area contributed by atoms with Gasteiger partial charge in [0.15, 0.2) is 6.10 Å². The number of aliphatic imine (C=N–C) groups is 1. The van der Waals surface area contributed by atoms with E-state index in [2.05, 4.69) is 4.99 Å². The predicted octanol–water partition coefficient (Wildman–Crippen LogP) is 2.34. The molecule has 0 saturated heterocycles. The minimum Gasteiger partial charge on any atom is -0.457 e. The molecule has 5 heteroatoms. The van der Waals surface area contributed by atoms with Gasteiger partial charge >= 0.3 is 5.97 Å². The zero-order valence-electron chi connectivity index (χ0n) is 12.6. The third kappa shape index (κ3) is 2.96. The third-order valence-corrected chi connectivity index (χ3v) is 3.40. The molecule has 1 aromatic carbocycles. The highest BCUT2D eigenvalue weighted by Gasteiger charge is 2.52. The van der Waals surface area contributed by atoms with Gasteiger partial charge in [0.1, 0.15) is 0 Å². The van der Waals surface area contributed by atoms with Gasteiger partial charge in [-0.15, -0.1) is 0 Å². The number of hydrogen-bond acceptors (Lipinski definition) is 4. The molecule has 0 aliphatic carbocycles. The first-order valence-corrected chi connectivity index (χ1v) is 6.89. The van der Waals surface area contributed by atoms with Crippen LogP contribution in [0.25, 0.3) is 0 Å². The molecular weight excluding hydrogens is 270 g/mol.